The number of nitrogens with one attached hydrogen (secondary N) is 2. The zero-order valence-corrected chi connectivity index (χ0v) is 20.3. The van der Waals surface area contributed by atoms with Crippen LogP contribution in [0.1, 0.15) is 33.6 Å². The van der Waals surface area contributed by atoms with E-state index < -0.39 is 47.5 Å². The second-order valence-electron chi connectivity index (χ2n) is 9.05. The van der Waals surface area contributed by atoms with E-state index in [1.165, 1.54) is 28.4 Å². The molecular formula is C25H30N2O8. The summed E-state index contributed by atoms with van der Waals surface area (Å²) in [7, 11) is 5.26. The van der Waals surface area contributed by atoms with Gasteiger partial charge in [0.15, 0.2) is 0 Å². The summed E-state index contributed by atoms with van der Waals surface area (Å²) in [5.74, 6) is -4.19. The summed E-state index contributed by atoms with van der Waals surface area (Å²) in [5, 5.41) is 0. The number of carbonyl (C=O) groups excluding carboxylic acids is 4. The summed E-state index contributed by atoms with van der Waals surface area (Å²) in [5.41, 5.74) is 5.75. The van der Waals surface area contributed by atoms with Crippen molar-refractivity contribution >= 4 is 23.9 Å². The summed E-state index contributed by atoms with van der Waals surface area (Å²) < 4.78 is 19.8. The molecule has 4 atom stereocenters. The van der Waals surface area contributed by atoms with Gasteiger partial charge in [0, 0.05) is 30.2 Å². The summed E-state index contributed by atoms with van der Waals surface area (Å²) in [6.07, 6.45) is 5.73. The minimum Gasteiger partial charge on any atom is -0.469 e. The van der Waals surface area contributed by atoms with Crippen LogP contribution in [0.5, 0.6) is 0 Å². The third-order valence-electron chi connectivity index (χ3n) is 7.41. The lowest BCUT2D eigenvalue weighted by atomic mass is 9.75. The maximum absolute atomic E-state index is 12.5. The fraction of sp³-hybridized carbons (Fsp3) is 0.520. The zero-order chi connectivity index (χ0) is 25.3. The molecule has 0 bridgehead atoms. The van der Waals surface area contributed by atoms with E-state index in [1.807, 2.05) is 12.4 Å². The van der Waals surface area contributed by atoms with E-state index in [1.54, 1.807) is 0 Å². The Kier molecular flexibility index (Phi) is 7.00. The maximum atomic E-state index is 12.5. The molecule has 10 nitrogen and oxygen atoms in total. The van der Waals surface area contributed by atoms with Crippen LogP contribution in [-0.4, -0.2) is 62.3 Å². The molecule has 0 aliphatic heterocycles. The molecule has 2 aromatic rings. The number of hydrogen-bond donors (Lipinski definition) is 2. The molecule has 0 fully saturated rings. The van der Waals surface area contributed by atoms with E-state index in [0.29, 0.717) is 32.1 Å². The van der Waals surface area contributed by atoms with E-state index in [-0.39, 0.29) is 0 Å². The minimum atomic E-state index is -0.628. The minimum absolute atomic E-state index is 0.360. The third-order valence-corrected chi connectivity index (χ3v) is 7.41. The van der Waals surface area contributed by atoms with E-state index >= 15 is 0 Å². The van der Waals surface area contributed by atoms with E-state index in [2.05, 4.69) is 9.97 Å². The van der Waals surface area contributed by atoms with Gasteiger partial charge in [-0.15, -0.1) is 0 Å². The topological polar surface area (TPSA) is 137 Å². The number of hydrogen-bond acceptors (Lipinski definition) is 8. The van der Waals surface area contributed by atoms with Crippen LogP contribution in [-0.2, 0) is 70.2 Å². The Bertz CT molecular complexity index is 1060. The van der Waals surface area contributed by atoms with Gasteiger partial charge in [-0.05, 0) is 47.9 Å². The maximum Gasteiger partial charge on any atom is 0.309 e. The van der Waals surface area contributed by atoms with Gasteiger partial charge in [0.1, 0.15) is 0 Å². The van der Waals surface area contributed by atoms with Gasteiger partial charge in [-0.1, -0.05) is 0 Å². The number of aromatic amines is 2. The predicted molar refractivity (Wildman–Crippen MR) is 121 cm³/mol. The molecule has 2 heterocycles. The fourth-order valence-electron chi connectivity index (χ4n) is 5.53. The lowest BCUT2D eigenvalue weighted by Gasteiger charge is -2.29. The van der Waals surface area contributed by atoms with E-state index in [0.717, 1.165) is 33.6 Å². The molecule has 10 heteroatoms. The Labute approximate surface area is 202 Å². The predicted octanol–water partition coefficient (Wildman–Crippen LogP) is 1.29. The van der Waals surface area contributed by atoms with Gasteiger partial charge in [-0.25, -0.2) is 0 Å². The third kappa shape index (κ3) is 4.44. The van der Waals surface area contributed by atoms with Crippen molar-refractivity contribution in [2.45, 2.75) is 32.1 Å². The van der Waals surface area contributed by atoms with Crippen molar-refractivity contribution < 1.29 is 38.1 Å². The normalized spacial score (nSPS) is 23.0. The fourth-order valence-corrected chi connectivity index (χ4v) is 5.53. The highest BCUT2D eigenvalue weighted by Crippen LogP contribution is 2.37. The molecule has 0 saturated heterocycles. The van der Waals surface area contributed by atoms with Crippen LogP contribution >= 0.6 is 0 Å². The molecule has 0 aromatic carbocycles. The van der Waals surface area contributed by atoms with E-state index in [9.17, 15) is 19.2 Å². The molecule has 2 aliphatic carbocycles. The van der Waals surface area contributed by atoms with Crippen LogP contribution in [0.3, 0.4) is 0 Å². The number of rotatable bonds is 6. The molecule has 2 aliphatic rings. The first-order chi connectivity index (χ1) is 16.8. The van der Waals surface area contributed by atoms with Crippen molar-refractivity contribution in [1.29, 1.82) is 0 Å². The van der Waals surface area contributed by atoms with Crippen molar-refractivity contribution in [3.63, 3.8) is 0 Å². The van der Waals surface area contributed by atoms with Crippen LogP contribution in [0, 0.1) is 23.7 Å². The van der Waals surface area contributed by atoms with Crippen molar-refractivity contribution in [2.75, 3.05) is 28.4 Å². The number of H-pyrrole nitrogens is 2. The van der Waals surface area contributed by atoms with Gasteiger partial charge in [0.25, 0.3) is 0 Å². The number of ether oxygens (including phenoxy) is 4. The monoisotopic (exact) mass is 486 g/mol. The Balaban J connectivity index is 1.62. The van der Waals surface area contributed by atoms with Crippen LogP contribution in [0.2, 0.25) is 0 Å². The average Bonchev–Trinajstić information content (AvgIpc) is 3.48. The SMILES string of the molecule is COC(=O)C1Cc2c[nH]c(Cc3[nH]cc4c3CC(C(=O)OC)C(C(=O)OC)C4)c2CC1C(=O)OC. The first-order valence-electron chi connectivity index (χ1n) is 11.5. The summed E-state index contributed by atoms with van der Waals surface area (Å²) in [4.78, 5) is 56.2. The molecule has 0 saturated carbocycles. The molecule has 4 unspecified atom stereocenters. The van der Waals surface area contributed by atoms with Crippen molar-refractivity contribution in [3.05, 3.63) is 46.0 Å². The molecule has 0 spiro atoms. The van der Waals surface area contributed by atoms with Crippen molar-refractivity contribution in [3.8, 4) is 0 Å². The summed E-state index contributed by atoms with van der Waals surface area (Å²) >= 11 is 0. The van der Waals surface area contributed by atoms with Crippen LogP contribution in [0.15, 0.2) is 12.4 Å². The van der Waals surface area contributed by atoms with Crippen molar-refractivity contribution in [2.24, 2.45) is 23.7 Å². The van der Waals surface area contributed by atoms with Crippen LogP contribution in [0.25, 0.3) is 0 Å². The van der Waals surface area contributed by atoms with E-state index in [4.69, 9.17) is 18.9 Å². The van der Waals surface area contributed by atoms with Crippen LogP contribution in [0.4, 0.5) is 0 Å². The van der Waals surface area contributed by atoms with Gasteiger partial charge in [0.2, 0.25) is 0 Å². The molecule has 35 heavy (non-hydrogen) atoms. The number of esters is 4. The Morgan fingerprint density at radius 3 is 1.26 bits per heavy atom. The molecule has 4 rings (SSSR count). The Morgan fingerprint density at radius 1 is 0.629 bits per heavy atom. The summed E-state index contributed by atoms with van der Waals surface area (Å²) in [6.45, 7) is 0. The second kappa shape index (κ2) is 9.97. The number of methoxy groups -OCH3 is 4. The molecular weight excluding hydrogens is 456 g/mol. The largest absolute Gasteiger partial charge is 0.469 e. The first-order valence-corrected chi connectivity index (χ1v) is 11.5. The molecule has 188 valence electrons. The smallest absolute Gasteiger partial charge is 0.309 e. The average molecular weight is 487 g/mol. The van der Waals surface area contributed by atoms with Gasteiger partial charge < -0.3 is 28.9 Å². The molecule has 0 amide bonds. The Morgan fingerprint density at radius 2 is 0.943 bits per heavy atom. The quantitative estimate of drug-likeness (QED) is 0.460. The molecule has 2 aromatic heterocycles. The number of fused-ring (bicyclic) bond motifs is 2. The Hall–Kier alpha value is -3.56. The molecule has 0 radical (unpaired) electrons. The highest BCUT2D eigenvalue weighted by atomic mass is 16.5. The highest BCUT2D eigenvalue weighted by Gasteiger charge is 2.42. The van der Waals surface area contributed by atoms with Gasteiger partial charge in [-0.2, -0.15) is 0 Å². The standard InChI is InChI=1S/C25H30N2O8/c1-32-22(28)16-5-12-10-26-20(14(12)7-18(16)24(30)34-3)9-21-15-8-19(25(31)35-4)17(23(29)33-2)6-13(15)11-27-21/h10-11,16-19,26-27H,5-9H2,1-4H3. The first kappa shape index (κ1) is 24.6. The lowest BCUT2D eigenvalue weighted by Crippen LogP contribution is -2.38. The van der Waals surface area contributed by atoms with Gasteiger partial charge >= 0.3 is 23.9 Å². The van der Waals surface area contributed by atoms with Crippen LogP contribution < -0.4 is 0 Å². The zero-order valence-electron chi connectivity index (χ0n) is 20.3. The lowest BCUT2D eigenvalue weighted by molar-refractivity contribution is -0.158. The molecule has 2 N–H and O–H groups in total. The number of carbonyl (C=O) groups is 4. The van der Waals surface area contributed by atoms with Gasteiger partial charge in [-0.3, -0.25) is 19.2 Å². The van der Waals surface area contributed by atoms with Gasteiger partial charge in [0.05, 0.1) is 52.1 Å². The van der Waals surface area contributed by atoms with Crippen molar-refractivity contribution in [1.82, 2.24) is 9.97 Å². The highest BCUT2D eigenvalue weighted by molar-refractivity contribution is 5.84. The number of aromatic nitrogens is 2. The second-order valence-corrected chi connectivity index (χ2v) is 9.05. The summed E-state index contributed by atoms with van der Waals surface area (Å²) in [6, 6.07) is 0.